The van der Waals surface area contributed by atoms with Crippen LogP contribution in [0.5, 0.6) is 0 Å². The van der Waals surface area contributed by atoms with Gasteiger partial charge >= 0.3 is 0 Å². The third-order valence-electron chi connectivity index (χ3n) is 1.54. The molecule has 0 saturated carbocycles. The molecule has 11 heavy (non-hydrogen) atoms. The van der Waals surface area contributed by atoms with E-state index in [-0.39, 0.29) is 6.61 Å². The first-order chi connectivity index (χ1) is 5.25. The summed E-state index contributed by atoms with van der Waals surface area (Å²) in [4.78, 5) is 5.89. The van der Waals surface area contributed by atoms with Crippen LogP contribution in [0.3, 0.4) is 0 Å². The summed E-state index contributed by atoms with van der Waals surface area (Å²) in [6.45, 7) is 0.0655. The quantitative estimate of drug-likeness (QED) is 0.675. The van der Waals surface area contributed by atoms with Crippen molar-refractivity contribution in [2.24, 2.45) is 0 Å². The zero-order chi connectivity index (χ0) is 8.27. The number of aliphatic hydroxyl groups excluding tert-OH is 1. The minimum absolute atomic E-state index is 0.0655. The number of nitrogens with zero attached hydrogens (tertiary/aromatic N) is 2. The predicted molar refractivity (Wildman–Crippen MR) is 44.5 cm³/mol. The highest BCUT2D eigenvalue weighted by Crippen LogP contribution is 2.15. The Kier molecular flexibility index (Phi) is 2.44. The SMILES string of the molecule is CN(C)c1cnccc1CO. The van der Waals surface area contributed by atoms with Gasteiger partial charge in [-0.3, -0.25) is 4.98 Å². The van der Waals surface area contributed by atoms with Gasteiger partial charge in [0.05, 0.1) is 18.5 Å². The van der Waals surface area contributed by atoms with Gasteiger partial charge in [0, 0.05) is 25.9 Å². The van der Waals surface area contributed by atoms with Crippen LogP contribution in [0, 0.1) is 0 Å². The van der Waals surface area contributed by atoms with Crippen LogP contribution < -0.4 is 4.90 Å². The van der Waals surface area contributed by atoms with Crippen molar-refractivity contribution in [1.29, 1.82) is 0 Å². The fourth-order valence-corrected chi connectivity index (χ4v) is 0.951. The van der Waals surface area contributed by atoms with Crippen LogP contribution >= 0.6 is 0 Å². The van der Waals surface area contributed by atoms with Gasteiger partial charge in [-0.1, -0.05) is 0 Å². The summed E-state index contributed by atoms with van der Waals surface area (Å²) in [6.07, 6.45) is 3.42. The molecule has 0 unspecified atom stereocenters. The van der Waals surface area contributed by atoms with Crippen molar-refractivity contribution in [3.8, 4) is 0 Å². The molecule has 0 atom stereocenters. The summed E-state index contributed by atoms with van der Waals surface area (Å²) in [5.74, 6) is 0. The van der Waals surface area contributed by atoms with Crippen molar-refractivity contribution in [2.75, 3.05) is 19.0 Å². The maximum atomic E-state index is 8.91. The number of hydrogen-bond acceptors (Lipinski definition) is 3. The third-order valence-corrected chi connectivity index (χ3v) is 1.54. The second kappa shape index (κ2) is 3.34. The predicted octanol–water partition coefficient (Wildman–Crippen LogP) is 0.640. The van der Waals surface area contributed by atoms with Crippen LogP contribution in [0.15, 0.2) is 18.5 Å². The summed E-state index contributed by atoms with van der Waals surface area (Å²) in [7, 11) is 3.85. The van der Waals surface area contributed by atoms with Crippen molar-refractivity contribution in [2.45, 2.75) is 6.61 Å². The number of aromatic nitrogens is 1. The Morgan fingerprint density at radius 3 is 2.73 bits per heavy atom. The van der Waals surface area contributed by atoms with Gasteiger partial charge in [-0.05, 0) is 6.07 Å². The van der Waals surface area contributed by atoms with E-state index in [0.29, 0.717) is 0 Å². The van der Waals surface area contributed by atoms with E-state index in [0.717, 1.165) is 11.3 Å². The van der Waals surface area contributed by atoms with Gasteiger partial charge in [0.2, 0.25) is 0 Å². The molecule has 0 aliphatic rings. The standard InChI is InChI=1S/C8H12N2O/c1-10(2)8-5-9-4-3-7(8)6-11/h3-5,11H,6H2,1-2H3. The van der Waals surface area contributed by atoms with Crippen LogP contribution in [0.25, 0.3) is 0 Å². The molecule has 3 nitrogen and oxygen atoms in total. The molecule has 3 heteroatoms. The molecule has 1 aromatic rings. The molecule has 0 amide bonds. The lowest BCUT2D eigenvalue weighted by atomic mass is 10.2. The Labute approximate surface area is 66.3 Å². The third kappa shape index (κ3) is 1.68. The molecular formula is C8H12N2O. The second-order valence-electron chi connectivity index (χ2n) is 2.56. The molecule has 0 saturated heterocycles. The lowest BCUT2D eigenvalue weighted by molar-refractivity contribution is 0.282. The van der Waals surface area contributed by atoms with E-state index >= 15 is 0 Å². The van der Waals surface area contributed by atoms with Crippen LogP contribution in [-0.2, 0) is 6.61 Å². The first kappa shape index (κ1) is 8.01. The average Bonchev–Trinajstić information content (AvgIpc) is 2.04. The Morgan fingerprint density at radius 1 is 1.55 bits per heavy atom. The normalized spacial score (nSPS) is 9.73. The molecule has 0 aliphatic carbocycles. The van der Waals surface area contributed by atoms with Crippen molar-refractivity contribution in [3.05, 3.63) is 24.0 Å². The molecular weight excluding hydrogens is 140 g/mol. The summed E-state index contributed by atoms with van der Waals surface area (Å²) < 4.78 is 0. The number of rotatable bonds is 2. The Hall–Kier alpha value is -1.09. The fourth-order valence-electron chi connectivity index (χ4n) is 0.951. The van der Waals surface area contributed by atoms with E-state index in [4.69, 9.17) is 5.11 Å². The van der Waals surface area contributed by atoms with Crippen molar-refractivity contribution < 1.29 is 5.11 Å². The summed E-state index contributed by atoms with van der Waals surface area (Å²) in [6, 6.07) is 1.81. The second-order valence-corrected chi connectivity index (χ2v) is 2.56. The molecule has 1 aromatic heterocycles. The largest absolute Gasteiger partial charge is 0.392 e. The molecule has 0 aliphatic heterocycles. The maximum Gasteiger partial charge on any atom is 0.0703 e. The molecule has 0 radical (unpaired) electrons. The maximum absolute atomic E-state index is 8.91. The Morgan fingerprint density at radius 2 is 2.27 bits per heavy atom. The zero-order valence-corrected chi connectivity index (χ0v) is 6.78. The number of anilines is 1. The van der Waals surface area contributed by atoms with E-state index in [2.05, 4.69) is 4.98 Å². The van der Waals surface area contributed by atoms with E-state index in [1.54, 1.807) is 12.4 Å². The molecule has 0 fully saturated rings. The fraction of sp³-hybridized carbons (Fsp3) is 0.375. The van der Waals surface area contributed by atoms with Crippen molar-refractivity contribution >= 4 is 5.69 Å². The van der Waals surface area contributed by atoms with Gasteiger partial charge in [0.1, 0.15) is 0 Å². The van der Waals surface area contributed by atoms with E-state index < -0.39 is 0 Å². The van der Waals surface area contributed by atoms with Crippen LogP contribution in [0.1, 0.15) is 5.56 Å². The lowest BCUT2D eigenvalue weighted by Gasteiger charge is -2.14. The highest BCUT2D eigenvalue weighted by Gasteiger charge is 2.00. The van der Waals surface area contributed by atoms with Gasteiger partial charge in [-0.25, -0.2) is 0 Å². The minimum Gasteiger partial charge on any atom is -0.392 e. The highest BCUT2D eigenvalue weighted by atomic mass is 16.3. The average molecular weight is 152 g/mol. The summed E-state index contributed by atoms with van der Waals surface area (Å²) in [5, 5.41) is 8.91. The van der Waals surface area contributed by atoms with Gasteiger partial charge in [-0.2, -0.15) is 0 Å². The first-order valence-electron chi connectivity index (χ1n) is 3.46. The van der Waals surface area contributed by atoms with Crippen molar-refractivity contribution in [1.82, 2.24) is 4.98 Å². The Bertz CT molecular complexity index is 235. The molecule has 60 valence electrons. The van der Waals surface area contributed by atoms with E-state index in [1.807, 2.05) is 25.1 Å². The van der Waals surface area contributed by atoms with Gasteiger partial charge in [-0.15, -0.1) is 0 Å². The van der Waals surface area contributed by atoms with Gasteiger partial charge in [0.25, 0.3) is 0 Å². The van der Waals surface area contributed by atoms with Gasteiger partial charge < -0.3 is 10.0 Å². The van der Waals surface area contributed by atoms with Crippen molar-refractivity contribution in [3.63, 3.8) is 0 Å². The van der Waals surface area contributed by atoms with Crippen LogP contribution in [0.4, 0.5) is 5.69 Å². The minimum atomic E-state index is 0.0655. The van der Waals surface area contributed by atoms with E-state index in [9.17, 15) is 0 Å². The highest BCUT2D eigenvalue weighted by molar-refractivity contribution is 5.49. The van der Waals surface area contributed by atoms with Crippen LogP contribution in [-0.4, -0.2) is 24.2 Å². The molecule has 1 N–H and O–H groups in total. The molecule has 0 bridgehead atoms. The molecule has 0 aromatic carbocycles. The zero-order valence-electron chi connectivity index (χ0n) is 6.78. The number of pyridine rings is 1. The number of aliphatic hydroxyl groups is 1. The topological polar surface area (TPSA) is 36.4 Å². The molecule has 1 rings (SSSR count). The first-order valence-corrected chi connectivity index (χ1v) is 3.46. The lowest BCUT2D eigenvalue weighted by Crippen LogP contribution is -2.11. The Balaban J connectivity index is 3.02. The monoisotopic (exact) mass is 152 g/mol. The van der Waals surface area contributed by atoms with Gasteiger partial charge in [0.15, 0.2) is 0 Å². The summed E-state index contributed by atoms with van der Waals surface area (Å²) in [5.41, 5.74) is 1.88. The summed E-state index contributed by atoms with van der Waals surface area (Å²) >= 11 is 0. The van der Waals surface area contributed by atoms with E-state index in [1.165, 1.54) is 0 Å². The molecule has 1 heterocycles. The molecule has 0 spiro atoms. The smallest absolute Gasteiger partial charge is 0.0703 e. The van der Waals surface area contributed by atoms with Crippen LogP contribution in [0.2, 0.25) is 0 Å². The number of hydrogen-bond donors (Lipinski definition) is 1.